The van der Waals surface area contributed by atoms with Gasteiger partial charge in [-0.3, -0.25) is 4.79 Å². The Morgan fingerprint density at radius 3 is 2.89 bits per heavy atom. The van der Waals surface area contributed by atoms with Gasteiger partial charge in [0.15, 0.2) is 5.78 Å². The van der Waals surface area contributed by atoms with Crippen molar-refractivity contribution in [2.24, 2.45) is 0 Å². The molecule has 1 aliphatic rings. The van der Waals surface area contributed by atoms with Crippen LogP contribution in [-0.2, 0) is 9.53 Å². The largest absolute Gasteiger partial charge is 0.366 e. The Labute approximate surface area is 54.5 Å². The topological polar surface area (TPSA) is 26.3 Å². The Balaban J connectivity index is 2.72. The first kappa shape index (κ1) is 6.49. The number of hydrogen-bond donors (Lipinski definition) is 0. The van der Waals surface area contributed by atoms with Gasteiger partial charge in [0.05, 0.1) is 6.10 Å². The third kappa shape index (κ3) is 1.39. The van der Waals surface area contributed by atoms with Gasteiger partial charge in [-0.25, -0.2) is 0 Å². The van der Waals surface area contributed by atoms with Gasteiger partial charge in [-0.2, -0.15) is 0 Å². The molecule has 1 aliphatic heterocycles. The lowest BCUT2D eigenvalue weighted by Gasteiger charge is -2.16. The van der Waals surface area contributed by atoms with Crippen molar-refractivity contribution in [2.75, 3.05) is 6.61 Å². The number of ketones is 1. The zero-order valence-electron chi connectivity index (χ0n) is 5.68. The van der Waals surface area contributed by atoms with E-state index in [1.54, 1.807) is 6.08 Å². The van der Waals surface area contributed by atoms with Crippen LogP contribution in [0.5, 0.6) is 0 Å². The SMILES string of the molecule is CC1=CC(=O)COC1C. The van der Waals surface area contributed by atoms with Gasteiger partial charge in [0.2, 0.25) is 0 Å². The molecule has 0 bridgehead atoms. The van der Waals surface area contributed by atoms with Crippen molar-refractivity contribution in [2.45, 2.75) is 20.0 Å². The van der Waals surface area contributed by atoms with Crippen LogP contribution in [0.1, 0.15) is 13.8 Å². The molecule has 1 heterocycles. The lowest BCUT2D eigenvalue weighted by atomic mass is 10.1. The van der Waals surface area contributed by atoms with Crippen molar-refractivity contribution in [1.82, 2.24) is 0 Å². The predicted molar refractivity (Wildman–Crippen MR) is 34.2 cm³/mol. The first-order valence-electron chi connectivity index (χ1n) is 3.03. The highest BCUT2D eigenvalue weighted by atomic mass is 16.5. The molecule has 0 aliphatic carbocycles. The molecule has 0 saturated heterocycles. The summed E-state index contributed by atoms with van der Waals surface area (Å²) in [5.74, 6) is 0.0746. The van der Waals surface area contributed by atoms with E-state index in [1.807, 2.05) is 13.8 Å². The molecule has 0 aromatic carbocycles. The molecule has 0 spiro atoms. The van der Waals surface area contributed by atoms with Crippen molar-refractivity contribution in [3.8, 4) is 0 Å². The summed E-state index contributed by atoms with van der Waals surface area (Å²) in [6.45, 7) is 4.10. The summed E-state index contributed by atoms with van der Waals surface area (Å²) in [5.41, 5.74) is 1.02. The molecule has 1 atom stereocenters. The molecule has 0 radical (unpaired) electrons. The van der Waals surface area contributed by atoms with Gasteiger partial charge >= 0.3 is 0 Å². The van der Waals surface area contributed by atoms with E-state index >= 15 is 0 Å². The second-order valence-corrected chi connectivity index (χ2v) is 2.31. The van der Waals surface area contributed by atoms with Crippen LogP contribution >= 0.6 is 0 Å². The number of carbonyl (C=O) groups excluding carboxylic acids is 1. The van der Waals surface area contributed by atoms with Gasteiger partial charge < -0.3 is 4.74 Å². The van der Waals surface area contributed by atoms with Gasteiger partial charge in [0.25, 0.3) is 0 Å². The third-order valence-electron chi connectivity index (χ3n) is 1.51. The minimum atomic E-state index is 0.0746. The molecule has 0 fully saturated rings. The maximum Gasteiger partial charge on any atom is 0.181 e. The van der Waals surface area contributed by atoms with Crippen molar-refractivity contribution in [1.29, 1.82) is 0 Å². The fourth-order valence-corrected chi connectivity index (χ4v) is 0.752. The molecule has 50 valence electrons. The van der Waals surface area contributed by atoms with Gasteiger partial charge in [-0.1, -0.05) is 0 Å². The standard InChI is InChI=1S/C7H10O2/c1-5-3-7(8)4-9-6(5)2/h3,6H,4H2,1-2H3. The number of ether oxygens (including phenoxy) is 1. The van der Waals surface area contributed by atoms with Gasteiger partial charge in [-0.15, -0.1) is 0 Å². The van der Waals surface area contributed by atoms with E-state index in [2.05, 4.69) is 0 Å². The van der Waals surface area contributed by atoms with E-state index in [9.17, 15) is 4.79 Å². The van der Waals surface area contributed by atoms with E-state index in [0.29, 0.717) is 0 Å². The molecule has 1 unspecified atom stereocenters. The second kappa shape index (κ2) is 2.31. The van der Waals surface area contributed by atoms with Crippen molar-refractivity contribution in [3.63, 3.8) is 0 Å². The van der Waals surface area contributed by atoms with E-state index in [0.717, 1.165) is 5.57 Å². The number of hydrogen-bond acceptors (Lipinski definition) is 2. The molecule has 9 heavy (non-hydrogen) atoms. The van der Waals surface area contributed by atoms with Crippen LogP contribution < -0.4 is 0 Å². The third-order valence-corrected chi connectivity index (χ3v) is 1.51. The van der Waals surface area contributed by atoms with Crippen molar-refractivity contribution < 1.29 is 9.53 Å². The minimum Gasteiger partial charge on any atom is -0.366 e. The van der Waals surface area contributed by atoms with Crippen molar-refractivity contribution >= 4 is 5.78 Å². The highest BCUT2D eigenvalue weighted by molar-refractivity contribution is 5.92. The summed E-state index contributed by atoms with van der Waals surface area (Å²) < 4.78 is 5.08. The molecular formula is C7H10O2. The van der Waals surface area contributed by atoms with E-state index in [1.165, 1.54) is 0 Å². The summed E-state index contributed by atoms with van der Waals surface area (Å²) in [6.07, 6.45) is 1.77. The Morgan fingerprint density at radius 1 is 1.78 bits per heavy atom. The molecule has 0 saturated carbocycles. The number of carbonyl (C=O) groups is 1. The summed E-state index contributed by atoms with van der Waals surface area (Å²) in [7, 11) is 0. The van der Waals surface area contributed by atoms with Crippen molar-refractivity contribution in [3.05, 3.63) is 11.6 Å². The van der Waals surface area contributed by atoms with Gasteiger partial charge in [0, 0.05) is 0 Å². The summed E-state index contributed by atoms with van der Waals surface area (Å²) in [6, 6.07) is 0. The van der Waals surface area contributed by atoms with Crippen LogP contribution in [0.25, 0.3) is 0 Å². The van der Waals surface area contributed by atoms with Crippen LogP contribution in [0.4, 0.5) is 0 Å². The quantitative estimate of drug-likeness (QED) is 0.482. The Kier molecular flexibility index (Phi) is 1.67. The molecular weight excluding hydrogens is 116 g/mol. The van der Waals surface area contributed by atoms with Crippen LogP contribution in [0.15, 0.2) is 11.6 Å². The first-order valence-corrected chi connectivity index (χ1v) is 3.03. The molecule has 0 N–H and O–H groups in total. The Hall–Kier alpha value is -0.630. The molecule has 2 nitrogen and oxygen atoms in total. The molecule has 2 heteroatoms. The Morgan fingerprint density at radius 2 is 2.44 bits per heavy atom. The zero-order valence-corrected chi connectivity index (χ0v) is 5.68. The second-order valence-electron chi connectivity index (χ2n) is 2.31. The number of rotatable bonds is 0. The fourth-order valence-electron chi connectivity index (χ4n) is 0.752. The van der Waals surface area contributed by atoms with Crippen LogP contribution in [0.2, 0.25) is 0 Å². The first-order chi connectivity index (χ1) is 4.20. The predicted octanol–water partition coefficient (Wildman–Crippen LogP) is 0.921. The van der Waals surface area contributed by atoms with E-state index in [-0.39, 0.29) is 18.5 Å². The normalized spacial score (nSPS) is 28.0. The maximum atomic E-state index is 10.6. The summed E-state index contributed by atoms with van der Waals surface area (Å²) in [4.78, 5) is 10.6. The summed E-state index contributed by atoms with van der Waals surface area (Å²) in [5, 5.41) is 0. The summed E-state index contributed by atoms with van der Waals surface area (Å²) >= 11 is 0. The molecule has 1 rings (SSSR count). The average Bonchev–Trinajstić information content (AvgIpc) is 1.80. The lowest BCUT2D eigenvalue weighted by Crippen LogP contribution is -2.21. The zero-order chi connectivity index (χ0) is 6.85. The highest BCUT2D eigenvalue weighted by Crippen LogP contribution is 2.09. The lowest BCUT2D eigenvalue weighted by molar-refractivity contribution is -0.121. The maximum absolute atomic E-state index is 10.6. The molecule has 0 amide bonds. The van der Waals surface area contributed by atoms with Crippen LogP contribution in [-0.4, -0.2) is 18.5 Å². The van der Waals surface area contributed by atoms with E-state index in [4.69, 9.17) is 4.74 Å². The fraction of sp³-hybridized carbons (Fsp3) is 0.571. The highest BCUT2D eigenvalue weighted by Gasteiger charge is 2.13. The molecule has 0 aromatic rings. The smallest absolute Gasteiger partial charge is 0.181 e. The Bertz CT molecular complexity index is 158. The average molecular weight is 126 g/mol. The van der Waals surface area contributed by atoms with Crippen LogP contribution in [0.3, 0.4) is 0 Å². The van der Waals surface area contributed by atoms with Crippen LogP contribution in [0, 0.1) is 0 Å². The molecule has 0 aromatic heterocycles. The minimum absolute atomic E-state index is 0.0746. The van der Waals surface area contributed by atoms with Gasteiger partial charge in [-0.05, 0) is 25.5 Å². The van der Waals surface area contributed by atoms with Gasteiger partial charge in [0.1, 0.15) is 6.61 Å². The monoisotopic (exact) mass is 126 g/mol. The van der Waals surface area contributed by atoms with E-state index < -0.39 is 0 Å².